The van der Waals surface area contributed by atoms with Crippen LogP contribution in [0.5, 0.6) is 5.75 Å². The zero-order chi connectivity index (χ0) is 26.5. The Bertz CT molecular complexity index is 1670. The molecule has 5 aromatic rings. The summed E-state index contributed by atoms with van der Waals surface area (Å²) in [5, 5.41) is 17.2. The van der Waals surface area contributed by atoms with Gasteiger partial charge < -0.3 is 25.1 Å². The highest BCUT2D eigenvalue weighted by atomic mass is 19.1. The first-order valence-electron chi connectivity index (χ1n) is 11.8. The molecule has 0 aliphatic carbocycles. The van der Waals surface area contributed by atoms with Crippen molar-refractivity contribution >= 4 is 33.7 Å². The molecule has 2 aromatic heterocycles. The van der Waals surface area contributed by atoms with Gasteiger partial charge in [-0.05, 0) is 68.8 Å². The van der Waals surface area contributed by atoms with Gasteiger partial charge in [-0.25, -0.2) is 4.39 Å². The first-order chi connectivity index (χ1) is 17.6. The van der Waals surface area contributed by atoms with E-state index < -0.39 is 17.3 Å². The van der Waals surface area contributed by atoms with E-state index >= 15 is 0 Å². The number of nitrogens with one attached hydrogen (secondary N) is 3. The maximum absolute atomic E-state index is 13.6. The predicted molar refractivity (Wildman–Crippen MR) is 141 cm³/mol. The second kappa shape index (κ2) is 8.81. The van der Waals surface area contributed by atoms with Crippen molar-refractivity contribution in [3.8, 4) is 28.2 Å². The fourth-order valence-electron chi connectivity index (χ4n) is 4.46. The number of fused-ring (bicyclic) bond motifs is 3. The Morgan fingerprint density at radius 1 is 1.00 bits per heavy atom. The molecule has 2 amide bonds. The molecule has 37 heavy (non-hydrogen) atoms. The van der Waals surface area contributed by atoms with Gasteiger partial charge in [-0.1, -0.05) is 12.1 Å². The van der Waals surface area contributed by atoms with Gasteiger partial charge in [-0.15, -0.1) is 0 Å². The first-order valence-corrected chi connectivity index (χ1v) is 11.8. The maximum Gasteiger partial charge on any atom is 0.255 e. The lowest BCUT2D eigenvalue weighted by Gasteiger charge is -2.20. The van der Waals surface area contributed by atoms with Crippen LogP contribution >= 0.6 is 0 Å². The van der Waals surface area contributed by atoms with E-state index in [2.05, 4.69) is 15.6 Å². The zero-order valence-corrected chi connectivity index (χ0v) is 20.8. The van der Waals surface area contributed by atoms with Crippen molar-refractivity contribution in [2.45, 2.75) is 26.3 Å². The largest absolute Gasteiger partial charge is 0.506 e. The van der Waals surface area contributed by atoms with Crippen LogP contribution < -0.4 is 10.6 Å². The van der Waals surface area contributed by atoms with Gasteiger partial charge in [0.25, 0.3) is 11.8 Å². The number of aromatic hydroxyl groups is 1. The normalized spacial score (nSPS) is 11.7. The topological polar surface area (TPSA) is 107 Å². The van der Waals surface area contributed by atoms with Gasteiger partial charge in [0, 0.05) is 40.9 Å². The van der Waals surface area contributed by atoms with E-state index in [0.29, 0.717) is 44.1 Å². The summed E-state index contributed by atoms with van der Waals surface area (Å²) in [5.74, 6) is -0.812. The highest BCUT2D eigenvalue weighted by molar-refractivity contribution is 6.20. The van der Waals surface area contributed by atoms with Crippen molar-refractivity contribution in [3.63, 3.8) is 0 Å². The molecule has 0 aliphatic heterocycles. The molecule has 8 heteroatoms. The van der Waals surface area contributed by atoms with Crippen molar-refractivity contribution in [1.82, 2.24) is 15.6 Å². The number of hydrogen-bond donors (Lipinski definition) is 4. The van der Waals surface area contributed by atoms with Crippen LogP contribution in [0.15, 0.2) is 65.2 Å². The summed E-state index contributed by atoms with van der Waals surface area (Å²) in [6.45, 7) is 5.73. The average molecular weight is 500 g/mol. The SMILES string of the molecule is CNC(=O)c1c(-c2ccc(F)cc2)oc2c1cc(-c1cccc(C(=O)NC(C)(C)C)c1)c1[nH]cc(O)c12. The first kappa shape index (κ1) is 24.1. The Labute approximate surface area is 212 Å². The molecule has 4 N–H and O–H groups in total. The molecule has 0 unspecified atom stereocenters. The summed E-state index contributed by atoms with van der Waals surface area (Å²) in [4.78, 5) is 29.0. The predicted octanol–water partition coefficient (Wildman–Crippen LogP) is 5.98. The monoisotopic (exact) mass is 499 g/mol. The Morgan fingerprint density at radius 3 is 2.41 bits per heavy atom. The number of benzene rings is 3. The third kappa shape index (κ3) is 4.31. The van der Waals surface area contributed by atoms with Crippen LogP contribution in [-0.4, -0.2) is 34.5 Å². The highest BCUT2D eigenvalue weighted by Gasteiger charge is 2.26. The molecule has 0 spiro atoms. The number of carbonyl (C=O) groups is 2. The quantitative estimate of drug-likeness (QED) is 0.244. The van der Waals surface area contributed by atoms with Crippen molar-refractivity contribution < 1.29 is 23.5 Å². The highest BCUT2D eigenvalue weighted by Crippen LogP contribution is 2.44. The number of H-pyrrole nitrogens is 1. The fourth-order valence-corrected chi connectivity index (χ4v) is 4.46. The van der Waals surface area contributed by atoms with Crippen LogP contribution in [0.25, 0.3) is 44.3 Å². The number of aromatic nitrogens is 1. The molecule has 0 aliphatic rings. The van der Waals surface area contributed by atoms with E-state index in [1.807, 2.05) is 26.8 Å². The second-order valence-electron chi connectivity index (χ2n) is 9.90. The van der Waals surface area contributed by atoms with E-state index in [9.17, 15) is 19.1 Å². The lowest BCUT2D eigenvalue weighted by Crippen LogP contribution is -2.40. The van der Waals surface area contributed by atoms with Crippen LogP contribution in [0, 0.1) is 5.82 Å². The summed E-state index contributed by atoms with van der Waals surface area (Å²) in [5.41, 5.74) is 3.13. The minimum Gasteiger partial charge on any atom is -0.506 e. The van der Waals surface area contributed by atoms with Crippen molar-refractivity contribution in [1.29, 1.82) is 0 Å². The van der Waals surface area contributed by atoms with Gasteiger partial charge in [0.05, 0.1) is 16.5 Å². The Morgan fingerprint density at radius 2 is 1.73 bits per heavy atom. The van der Waals surface area contributed by atoms with Crippen LogP contribution in [0.4, 0.5) is 4.39 Å². The Balaban J connectivity index is 1.78. The molecule has 7 nitrogen and oxygen atoms in total. The second-order valence-corrected chi connectivity index (χ2v) is 9.90. The molecule has 0 atom stereocenters. The fraction of sp³-hybridized carbons (Fsp3) is 0.172. The molecule has 0 bridgehead atoms. The number of hydrogen-bond acceptors (Lipinski definition) is 4. The van der Waals surface area contributed by atoms with Gasteiger partial charge in [-0.3, -0.25) is 9.59 Å². The van der Waals surface area contributed by atoms with Gasteiger partial charge in [0.1, 0.15) is 22.9 Å². The number of rotatable bonds is 4. The Hall–Kier alpha value is -4.59. The average Bonchev–Trinajstić information content (AvgIpc) is 3.43. The molecular formula is C29H26FN3O4. The van der Waals surface area contributed by atoms with Crippen molar-refractivity contribution in [2.24, 2.45) is 0 Å². The Kier molecular flexibility index (Phi) is 5.75. The smallest absolute Gasteiger partial charge is 0.255 e. The third-order valence-electron chi connectivity index (χ3n) is 6.07. The number of carbonyl (C=O) groups excluding carboxylic acids is 2. The van der Waals surface area contributed by atoms with Gasteiger partial charge in [0.2, 0.25) is 0 Å². The van der Waals surface area contributed by atoms with E-state index in [-0.39, 0.29) is 23.0 Å². The lowest BCUT2D eigenvalue weighted by molar-refractivity contribution is 0.0918. The summed E-state index contributed by atoms with van der Waals surface area (Å²) in [6, 6.07) is 14.6. The van der Waals surface area contributed by atoms with Gasteiger partial charge in [-0.2, -0.15) is 0 Å². The summed E-state index contributed by atoms with van der Waals surface area (Å²) in [7, 11) is 1.51. The molecule has 0 radical (unpaired) electrons. The van der Waals surface area contributed by atoms with E-state index in [1.165, 1.54) is 37.5 Å². The van der Waals surface area contributed by atoms with E-state index in [4.69, 9.17) is 4.42 Å². The lowest BCUT2D eigenvalue weighted by atomic mass is 9.96. The minimum absolute atomic E-state index is 0.0497. The van der Waals surface area contributed by atoms with Gasteiger partial charge >= 0.3 is 0 Å². The van der Waals surface area contributed by atoms with Gasteiger partial charge in [0.15, 0.2) is 0 Å². The summed E-state index contributed by atoms with van der Waals surface area (Å²) >= 11 is 0. The standard InChI is InChI=1S/C29H26FN3O4/c1-29(2,3)33-27(35)17-7-5-6-16(12-17)19-13-20-22(28(36)31-4)25(15-8-10-18(30)11-9-15)37-26(20)23-21(34)14-32-24(19)23/h5-14,32,34H,1-4H3,(H,31,36)(H,33,35). The van der Waals surface area contributed by atoms with Crippen molar-refractivity contribution in [3.05, 3.63) is 77.7 Å². The summed E-state index contributed by atoms with van der Waals surface area (Å²) in [6.07, 6.45) is 1.45. The van der Waals surface area contributed by atoms with Crippen LogP contribution in [-0.2, 0) is 0 Å². The third-order valence-corrected chi connectivity index (χ3v) is 6.07. The number of amides is 2. The molecule has 5 rings (SSSR count). The molecule has 3 aromatic carbocycles. The molecular weight excluding hydrogens is 473 g/mol. The summed E-state index contributed by atoms with van der Waals surface area (Å²) < 4.78 is 19.8. The number of aromatic amines is 1. The molecule has 188 valence electrons. The molecule has 0 saturated heterocycles. The number of furan rings is 1. The van der Waals surface area contributed by atoms with Crippen molar-refractivity contribution in [2.75, 3.05) is 7.05 Å². The van der Waals surface area contributed by atoms with E-state index in [1.54, 1.807) is 24.3 Å². The molecule has 2 heterocycles. The van der Waals surface area contributed by atoms with Crippen LogP contribution in [0.3, 0.4) is 0 Å². The number of halogens is 1. The minimum atomic E-state index is -0.412. The van der Waals surface area contributed by atoms with Crippen LogP contribution in [0.1, 0.15) is 41.5 Å². The molecule has 0 fully saturated rings. The maximum atomic E-state index is 13.6. The zero-order valence-electron chi connectivity index (χ0n) is 20.8. The molecule has 0 saturated carbocycles. The van der Waals surface area contributed by atoms with E-state index in [0.717, 1.165) is 0 Å². The van der Waals surface area contributed by atoms with Crippen LogP contribution in [0.2, 0.25) is 0 Å².